The van der Waals surface area contributed by atoms with Crippen molar-refractivity contribution in [2.45, 2.75) is 32.9 Å². The lowest BCUT2D eigenvalue weighted by Gasteiger charge is -2.15. The summed E-state index contributed by atoms with van der Waals surface area (Å²) in [4.78, 5) is 0. The fourth-order valence-electron chi connectivity index (χ4n) is 1.69. The Hall–Kier alpha value is -1.25. The van der Waals surface area contributed by atoms with E-state index in [-0.39, 0.29) is 5.54 Å². The second-order valence-electron chi connectivity index (χ2n) is 5.55. The monoisotopic (exact) mass is 264 g/mol. The van der Waals surface area contributed by atoms with Crippen LogP contribution in [0.15, 0.2) is 40.8 Å². The summed E-state index contributed by atoms with van der Waals surface area (Å²) >= 11 is 5.97. The molecule has 0 unspecified atom stereocenters. The van der Waals surface area contributed by atoms with Gasteiger partial charge in [0, 0.05) is 10.6 Å². The summed E-state index contributed by atoms with van der Waals surface area (Å²) in [5, 5.41) is 2.99. The molecule has 0 radical (unpaired) electrons. The van der Waals surface area contributed by atoms with Gasteiger partial charge in [-0.3, -0.25) is 0 Å². The van der Waals surface area contributed by atoms with Crippen LogP contribution in [0.3, 0.4) is 0 Å². The fourth-order valence-corrected chi connectivity index (χ4v) is 1.88. The van der Waals surface area contributed by atoms with Crippen molar-refractivity contribution in [3.05, 3.63) is 47.2 Å². The minimum atomic E-state index is 0.211. The molecule has 2 rings (SSSR count). The van der Waals surface area contributed by atoms with E-state index in [1.165, 1.54) is 0 Å². The first-order valence-electron chi connectivity index (χ1n) is 6.13. The highest BCUT2D eigenvalue weighted by Gasteiger charge is 2.14. The van der Waals surface area contributed by atoms with Crippen molar-refractivity contribution in [2.75, 3.05) is 0 Å². The minimum Gasteiger partial charge on any atom is -0.455 e. The van der Waals surface area contributed by atoms with Crippen LogP contribution in [0.4, 0.5) is 0 Å². The Bertz CT molecular complexity index is 525. The number of hydrogen-bond donors (Lipinski definition) is 1. The number of nitrogens with two attached hydrogens (primary N) is 1. The molecule has 96 valence electrons. The van der Waals surface area contributed by atoms with Gasteiger partial charge in [-0.2, -0.15) is 0 Å². The predicted molar refractivity (Wildman–Crippen MR) is 74.5 cm³/mol. The number of benzene rings is 1. The van der Waals surface area contributed by atoms with Crippen molar-refractivity contribution in [3.63, 3.8) is 0 Å². The Morgan fingerprint density at radius 2 is 1.94 bits per heavy atom. The molecule has 2 aromatic rings. The van der Waals surface area contributed by atoms with Gasteiger partial charge in [0.25, 0.3) is 0 Å². The zero-order valence-electron chi connectivity index (χ0n) is 11.0. The molecule has 3 heteroatoms. The van der Waals surface area contributed by atoms with Crippen LogP contribution in [0.25, 0.3) is 11.3 Å². The van der Waals surface area contributed by atoms with Gasteiger partial charge < -0.3 is 9.73 Å². The van der Waals surface area contributed by atoms with Gasteiger partial charge in [-0.25, -0.2) is 0 Å². The van der Waals surface area contributed by atoms with Crippen molar-refractivity contribution in [2.24, 2.45) is 0 Å². The average molecular weight is 265 g/mol. The zero-order chi connectivity index (χ0) is 13.2. The summed E-state index contributed by atoms with van der Waals surface area (Å²) in [6.45, 7) is 7.42. The number of rotatable bonds is 3. The van der Waals surface area contributed by atoms with Gasteiger partial charge in [0.1, 0.15) is 12.3 Å². The van der Waals surface area contributed by atoms with E-state index in [1.807, 2.05) is 36.4 Å². The summed E-state index contributed by atoms with van der Waals surface area (Å²) in [7, 11) is 0. The van der Waals surface area contributed by atoms with Crippen LogP contribution in [0.5, 0.6) is 0 Å². The fraction of sp³-hybridized carbons (Fsp3) is 0.333. The Kier molecular flexibility index (Phi) is 3.79. The van der Waals surface area contributed by atoms with Crippen LogP contribution in [-0.2, 0) is 6.54 Å². The molecule has 0 atom stereocenters. The topological polar surface area (TPSA) is 29.8 Å². The van der Waals surface area contributed by atoms with Crippen LogP contribution in [0, 0.1) is 0 Å². The van der Waals surface area contributed by atoms with Gasteiger partial charge in [-0.1, -0.05) is 23.7 Å². The molecule has 1 heterocycles. The average Bonchev–Trinajstić information content (AvgIpc) is 2.74. The van der Waals surface area contributed by atoms with Crippen LogP contribution in [0.2, 0.25) is 5.02 Å². The molecule has 0 spiro atoms. The quantitative estimate of drug-likeness (QED) is 0.904. The second kappa shape index (κ2) is 5.17. The third-order valence-corrected chi connectivity index (χ3v) is 2.92. The molecule has 0 aliphatic rings. The van der Waals surface area contributed by atoms with E-state index in [0.29, 0.717) is 0 Å². The smallest absolute Gasteiger partial charge is 0.158 e. The van der Waals surface area contributed by atoms with Crippen LogP contribution >= 0.6 is 11.6 Å². The first-order valence-corrected chi connectivity index (χ1v) is 6.51. The van der Waals surface area contributed by atoms with Gasteiger partial charge in [0.05, 0.1) is 5.54 Å². The van der Waals surface area contributed by atoms with E-state index in [9.17, 15) is 0 Å². The van der Waals surface area contributed by atoms with Crippen molar-refractivity contribution < 1.29 is 9.73 Å². The Morgan fingerprint density at radius 1 is 1.17 bits per heavy atom. The largest absolute Gasteiger partial charge is 0.455 e. The molecule has 0 bridgehead atoms. The molecule has 1 aromatic heterocycles. The number of hydrogen-bond acceptors (Lipinski definition) is 1. The lowest BCUT2D eigenvalue weighted by molar-refractivity contribution is -0.732. The number of furan rings is 1. The first-order chi connectivity index (χ1) is 8.44. The Morgan fingerprint density at radius 3 is 2.61 bits per heavy atom. The molecule has 0 aliphatic carbocycles. The third kappa shape index (κ3) is 3.62. The normalized spacial score (nSPS) is 11.8. The van der Waals surface area contributed by atoms with E-state index in [1.54, 1.807) is 0 Å². The van der Waals surface area contributed by atoms with Gasteiger partial charge in [-0.05, 0) is 45.0 Å². The maximum absolute atomic E-state index is 5.97. The summed E-state index contributed by atoms with van der Waals surface area (Å²) in [5.41, 5.74) is 1.23. The second-order valence-corrected chi connectivity index (χ2v) is 5.99. The lowest BCUT2D eigenvalue weighted by atomic mass is 10.1. The molecular formula is C15H19ClNO+. The summed E-state index contributed by atoms with van der Waals surface area (Å²) < 4.78 is 5.83. The lowest BCUT2D eigenvalue weighted by Crippen LogP contribution is -2.92. The Balaban J connectivity index is 2.11. The van der Waals surface area contributed by atoms with Crippen molar-refractivity contribution >= 4 is 11.6 Å². The highest BCUT2D eigenvalue weighted by molar-refractivity contribution is 6.30. The summed E-state index contributed by atoms with van der Waals surface area (Å²) in [5.74, 6) is 1.86. The summed E-state index contributed by atoms with van der Waals surface area (Å²) in [6, 6.07) is 11.7. The van der Waals surface area contributed by atoms with Gasteiger partial charge in [-0.15, -0.1) is 0 Å². The van der Waals surface area contributed by atoms with Crippen LogP contribution in [-0.4, -0.2) is 5.54 Å². The van der Waals surface area contributed by atoms with E-state index in [4.69, 9.17) is 16.0 Å². The van der Waals surface area contributed by atoms with Crippen molar-refractivity contribution in [1.82, 2.24) is 0 Å². The van der Waals surface area contributed by atoms with E-state index in [0.717, 1.165) is 28.7 Å². The molecular weight excluding hydrogens is 246 g/mol. The molecule has 0 saturated heterocycles. The highest BCUT2D eigenvalue weighted by Crippen LogP contribution is 2.24. The molecule has 0 amide bonds. The standard InChI is InChI=1S/C15H18ClNO/c1-15(2,3)17-10-13-7-8-14(18-13)11-5-4-6-12(16)9-11/h4-9,17H,10H2,1-3H3/p+1. The molecule has 0 saturated carbocycles. The molecule has 2 nitrogen and oxygen atoms in total. The van der Waals surface area contributed by atoms with Gasteiger partial charge in [0.2, 0.25) is 0 Å². The maximum atomic E-state index is 5.97. The van der Waals surface area contributed by atoms with Gasteiger partial charge in [0.15, 0.2) is 5.76 Å². The number of halogens is 1. The van der Waals surface area contributed by atoms with Gasteiger partial charge >= 0.3 is 0 Å². The first kappa shape index (κ1) is 13.2. The molecule has 1 aromatic carbocycles. The van der Waals surface area contributed by atoms with E-state index < -0.39 is 0 Å². The molecule has 2 N–H and O–H groups in total. The zero-order valence-corrected chi connectivity index (χ0v) is 11.8. The van der Waals surface area contributed by atoms with Crippen LogP contribution < -0.4 is 5.32 Å². The van der Waals surface area contributed by atoms with E-state index in [2.05, 4.69) is 26.1 Å². The molecule has 18 heavy (non-hydrogen) atoms. The highest BCUT2D eigenvalue weighted by atomic mass is 35.5. The number of quaternary nitrogens is 1. The van der Waals surface area contributed by atoms with Crippen molar-refractivity contribution in [3.8, 4) is 11.3 Å². The SMILES string of the molecule is CC(C)(C)[NH2+]Cc1ccc(-c2cccc(Cl)c2)o1. The predicted octanol–water partition coefficient (Wildman–Crippen LogP) is 3.46. The maximum Gasteiger partial charge on any atom is 0.158 e. The minimum absolute atomic E-state index is 0.211. The van der Waals surface area contributed by atoms with Crippen molar-refractivity contribution in [1.29, 1.82) is 0 Å². The van der Waals surface area contributed by atoms with Crippen LogP contribution in [0.1, 0.15) is 26.5 Å². The summed E-state index contributed by atoms with van der Waals surface area (Å²) in [6.07, 6.45) is 0. The Labute approximate surface area is 113 Å². The molecule has 0 aliphatic heterocycles. The third-order valence-electron chi connectivity index (χ3n) is 2.69. The molecule has 0 fully saturated rings. The van der Waals surface area contributed by atoms with E-state index >= 15 is 0 Å².